The van der Waals surface area contributed by atoms with Crippen molar-refractivity contribution < 1.29 is 14.6 Å². The number of ether oxygens (including phenoxy) is 1. The molecule has 7 heteroatoms. The van der Waals surface area contributed by atoms with Crippen LogP contribution in [0.25, 0.3) is 16.7 Å². The summed E-state index contributed by atoms with van der Waals surface area (Å²) in [6, 6.07) is 9.52. The van der Waals surface area contributed by atoms with Gasteiger partial charge in [-0.15, -0.1) is 29.8 Å². The summed E-state index contributed by atoms with van der Waals surface area (Å²) in [7, 11) is 0. The first-order valence-electron chi connectivity index (χ1n) is 9.50. The zero-order valence-corrected chi connectivity index (χ0v) is 18.0. The SMILES string of the molecule is Cc1ccc2c(C(O)=C3C=[S+][C-](c4cccnc4)N3C(=O)OC(C)(C)C)cn[c-]2c1. The van der Waals surface area contributed by atoms with Crippen LogP contribution in [0.4, 0.5) is 4.79 Å². The number of aryl methyl sites for hydroxylation is 1. The predicted molar refractivity (Wildman–Crippen MR) is 120 cm³/mol. The molecule has 1 N–H and O–H groups in total. The number of aromatic nitrogens is 2. The maximum absolute atomic E-state index is 13.1. The van der Waals surface area contributed by atoms with E-state index in [0.29, 0.717) is 16.6 Å². The molecule has 0 spiro atoms. The van der Waals surface area contributed by atoms with E-state index in [1.807, 2.05) is 52.0 Å². The zero-order valence-electron chi connectivity index (χ0n) is 17.2. The van der Waals surface area contributed by atoms with Gasteiger partial charge in [0.15, 0.2) is 11.4 Å². The number of pyridine rings is 1. The van der Waals surface area contributed by atoms with Gasteiger partial charge in [0.2, 0.25) is 10.7 Å². The number of hydrogen-bond donors (Lipinski definition) is 1. The number of allylic oxidation sites excluding steroid dienone is 1. The summed E-state index contributed by atoms with van der Waals surface area (Å²) in [5.74, 6) is -0.0291. The average molecular weight is 421 g/mol. The second-order valence-corrected chi connectivity index (χ2v) is 8.88. The van der Waals surface area contributed by atoms with Crippen molar-refractivity contribution in [2.24, 2.45) is 0 Å². The van der Waals surface area contributed by atoms with E-state index in [9.17, 15) is 9.90 Å². The van der Waals surface area contributed by atoms with Crippen LogP contribution in [0.1, 0.15) is 37.5 Å². The molecule has 0 fully saturated rings. The summed E-state index contributed by atoms with van der Waals surface area (Å²) in [6.07, 6.45) is 4.41. The second-order valence-electron chi connectivity index (χ2n) is 8.02. The lowest BCUT2D eigenvalue weighted by molar-refractivity contribution is 0.0366. The van der Waals surface area contributed by atoms with Gasteiger partial charge in [-0.3, -0.25) is 0 Å². The van der Waals surface area contributed by atoms with Gasteiger partial charge in [0.1, 0.15) is 17.1 Å². The van der Waals surface area contributed by atoms with Gasteiger partial charge in [-0.1, -0.05) is 35.8 Å². The fourth-order valence-electron chi connectivity index (χ4n) is 3.17. The molecule has 2 aromatic heterocycles. The minimum atomic E-state index is -0.683. The summed E-state index contributed by atoms with van der Waals surface area (Å²) in [4.78, 5) is 23.1. The number of hydrogen-bond acceptors (Lipinski definition) is 5. The van der Waals surface area contributed by atoms with Gasteiger partial charge in [-0.25, -0.2) is 9.69 Å². The van der Waals surface area contributed by atoms with Crippen LogP contribution in [-0.4, -0.2) is 37.0 Å². The molecule has 0 unspecified atom stereocenters. The van der Waals surface area contributed by atoms with Crippen molar-refractivity contribution in [3.63, 3.8) is 0 Å². The van der Waals surface area contributed by atoms with Gasteiger partial charge >= 0.3 is 6.09 Å². The summed E-state index contributed by atoms with van der Waals surface area (Å²) >= 11 is 1.34. The van der Waals surface area contributed by atoms with Crippen molar-refractivity contribution in [1.29, 1.82) is 0 Å². The van der Waals surface area contributed by atoms with Gasteiger partial charge in [-0.2, -0.15) is 6.07 Å². The number of amides is 1. The number of nitrogens with zero attached hydrogens (tertiary/aromatic N) is 3. The highest BCUT2D eigenvalue weighted by Crippen LogP contribution is 2.34. The molecule has 0 saturated heterocycles. The normalized spacial score (nSPS) is 15.7. The van der Waals surface area contributed by atoms with Gasteiger partial charge < -0.3 is 19.8 Å². The standard InChI is InChI=1S/C23H22N3O3S/c1-14-7-8-16-17(12-25-18(16)10-14)20(27)19-13-30-21(15-6-5-9-24-11-15)26(19)22(28)29-23(2,3)4/h5-13,27H,1-4H3/q-1. The third kappa shape index (κ3) is 3.76. The number of benzene rings is 1. The number of rotatable bonds is 2. The number of carbonyl (C=O) groups is 1. The van der Waals surface area contributed by atoms with Crippen LogP contribution >= 0.6 is 0 Å². The molecule has 0 bridgehead atoms. The molecule has 1 amide bonds. The molecule has 0 aliphatic carbocycles. The molecule has 1 aliphatic heterocycles. The van der Waals surface area contributed by atoms with Gasteiger partial charge in [0, 0.05) is 0 Å². The average Bonchev–Trinajstić information content (AvgIpc) is 3.31. The lowest BCUT2D eigenvalue weighted by atomic mass is 10.1. The lowest BCUT2D eigenvalue weighted by Crippen LogP contribution is -2.37. The highest BCUT2D eigenvalue weighted by Gasteiger charge is 2.40. The lowest BCUT2D eigenvalue weighted by Gasteiger charge is -2.28. The Labute approximate surface area is 179 Å². The monoisotopic (exact) mass is 420 g/mol. The van der Waals surface area contributed by atoms with Crippen molar-refractivity contribution in [3.05, 3.63) is 76.7 Å². The Kier molecular flexibility index (Phi) is 4.99. The Morgan fingerprint density at radius 1 is 1.23 bits per heavy atom. The van der Waals surface area contributed by atoms with Crippen LogP contribution in [0.5, 0.6) is 0 Å². The van der Waals surface area contributed by atoms with E-state index in [1.54, 1.807) is 30.0 Å². The van der Waals surface area contributed by atoms with Gasteiger partial charge in [-0.05, 0) is 32.5 Å². The molecular formula is C23H22N3O3S-. The van der Waals surface area contributed by atoms with Crippen LogP contribution in [-0.2, 0) is 16.1 Å². The molecule has 0 atom stereocenters. The Bertz CT molecular complexity index is 1160. The van der Waals surface area contributed by atoms with Crippen LogP contribution in [0.15, 0.2) is 54.6 Å². The quantitative estimate of drug-likeness (QED) is 0.216. The minimum Gasteiger partial charge on any atom is -0.513 e. The first kappa shape index (κ1) is 20.0. The second kappa shape index (κ2) is 7.50. The van der Waals surface area contributed by atoms with Crippen molar-refractivity contribution in [2.45, 2.75) is 33.3 Å². The van der Waals surface area contributed by atoms with Gasteiger partial charge in [0.05, 0.1) is 0 Å². The third-order valence-corrected chi connectivity index (χ3v) is 5.47. The number of fused-ring (bicyclic) bond motifs is 1. The number of aliphatic hydroxyl groups is 1. The highest BCUT2D eigenvalue weighted by molar-refractivity contribution is 7.81. The molecule has 0 radical (unpaired) electrons. The van der Waals surface area contributed by atoms with Gasteiger partial charge in [0.25, 0.3) is 0 Å². The van der Waals surface area contributed by atoms with E-state index in [2.05, 4.69) is 9.97 Å². The maximum atomic E-state index is 13.1. The van der Waals surface area contributed by atoms with Crippen LogP contribution in [0.2, 0.25) is 0 Å². The molecule has 6 nitrogen and oxygen atoms in total. The fourth-order valence-corrected chi connectivity index (χ4v) is 4.15. The molecule has 1 aliphatic rings. The first-order chi connectivity index (χ1) is 14.2. The molecule has 3 aromatic rings. The van der Waals surface area contributed by atoms with Crippen molar-refractivity contribution in [2.75, 3.05) is 0 Å². The smallest absolute Gasteiger partial charge is 0.412 e. The number of aliphatic hydroxyl groups excluding tert-OH is 1. The van der Waals surface area contributed by atoms with Crippen LogP contribution in [0, 0.1) is 12.3 Å². The molecule has 154 valence electrons. The molecule has 0 saturated carbocycles. The Morgan fingerprint density at radius 3 is 2.73 bits per heavy atom. The summed E-state index contributed by atoms with van der Waals surface area (Å²) in [5, 5.41) is 14.4. The molecule has 4 rings (SSSR count). The van der Waals surface area contributed by atoms with E-state index < -0.39 is 11.7 Å². The van der Waals surface area contributed by atoms with Crippen molar-refractivity contribution >= 4 is 39.5 Å². The fraction of sp³-hybridized carbons (Fsp3) is 0.217. The topological polar surface area (TPSA) is 75.6 Å². The summed E-state index contributed by atoms with van der Waals surface area (Å²) < 4.78 is 5.63. The Hall–Kier alpha value is -3.32. The molecule has 3 heterocycles. The first-order valence-corrected chi connectivity index (χ1v) is 10.4. The van der Waals surface area contributed by atoms with E-state index in [0.717, 1.165) is 22.0 Å². The Balaban J connectivity index is 1.81. The summed E-state index contributed by atoms with van der Waals surface area (Å²) in [6.45, 7) is 7.41. The molecular weight excluding hydrogens is 398 g/mol. The zero-order chi connectivity index (χ0) is 21.5. The number of carbonyl (C=O) groups excluding carboxylic acids is 1. The summed E-state index contributed by atoms with van der Waals surface area (Å²) in [5.41, 5.74) is 2.87. The predicted octanol–water partition coefficient (Wildman–Crippen LogP) is 4.56. The molecule has 30 heavy (non-hydrogen) atoms. The maximum Gasteiger partial charge on any atom is 0.412 e. The van der Waals surface area contributed by atoms with E-state index in [4.69, 9.17) is 4.74 Å². The highest BCUT2D eigenvalue weighted by atomic mass is 32.1. The van der Waals surface area contributed by atoms with Crippen molar-refractivity contribution in [1.82, 2.24) is 14.9 Å². The van der Waals surface area contributed by atoms with Crippen molar-refractivity contribution in [3.8, 4) is 0 Å². The van der Waals surface area contributed by atoms with Crippen LogP contribution in [0.3, 0.4) is 0 Å². The van der Waals surface area contributed by atoms with E-state index >= 15 is 0 Å². The molecule has 1 aromatic carbocycles. The van der Waals surface area contributed by atoms with E-state index in [1.165, 1.54) is 16.3 Å². The minimum absolute atomic E-state index is 0.0291. The largest absolute Gasteiger partial charge is 0.513 e. The van der Waals surface area contributed by atoms with Crippen LogP contribution < -0.4 is 0 Å². The third-order valence-electron chi connectivity index (χ3n) is 4.48. The van der Waals surface area contributed by atoms with E-state index in [-0.39, 0.29) is 5.76 Å². The Morgan fingerprint density at radius 2 is 2.03 bits per heavy atom.